The SMILES string of the molecule is COc1ccc(-c2ccccc2)c(Cl)c1/C=C(/NC(=O)c1ccccc1)C(=O)O. The Bertz CT molecular complexity index is 1060. The second-order valence-electron chi connectivity index (χ2n) is 6.09. The molecule has 0 radical (unpaired) electrons. The summed E-state index contributed by atoms with van der Waals surface area (Å²) in [4.78, 5) is 24.2. The summed E-state index contributed by atoms with van der Waals surface area (Å²) in [5.41, 5.74) is 1.99. The van der Waals surface area contributed by atoms with E-state index >= 15 is 0 Å². The van der Waals surface area contributed by atoms with E-state index in [9.17, 15) is 14.7 Å². The molecule has 6 heteroatoms. The van der Waals surface area contributed by atoms with Crippen molar-refractivity contribution in [3.63, 3.8) is 0 Å². The van der Waals surface area contributed by atoms with Crippen LogP contribution in [-0.4, -0.2) is 24.1 Å². The van der Waals surface area contributed by atoms with Gasteiger partial charge in [0.2, 0.25) is 0 Å². The van der Waals surface area contributed by atoms with Crippen LogP contribution in [0.4, 0.5) is 0 Å². The Morgan fingerprint density at radius 1 is 0.966 bits per heavy atom. The van der Waals surface area contributed by atoms with Crippen molar-refractivity contribution in [2.24, 2.45) is 0 Å². The number of carboxylic acids is 1. The molecule has 0 saturated heterocycles. The molecule has 29 heavy (non-hydrogen) atoms. The lowest BCUT2D eigenvalue weighted by Crippen LogP contribution is -2.27. The molecule has 0 aliphatic carbocycles. The first-order chi connectivity index (χ1) is 14.0. The number of aliphatic carboxylic acids is 1. The fraction of sp³-hybridized carbons (Fsp3) is 0.0435. The third kappa shape index (κ3) is 4.65. The van der Waals surface area contributed by atoms with E-state index in [1.54, 1.807) is 42.5 Å². The van der Waals surface area contributed by atoms with Crippen LogP contribution in [0.3, 0.4) is 0 Å². The highest BCUT2D eigenvalue weighted by atomic mass is 35.5. The zero-order chi connectivity index (χ0) is 20.8. The van der Waals surface area contributed by atoms with E-state index in [2.05, 4.69) is 5.32 Å². The molecular formula is C23H18ClNO4. The van der Waals surface area contributed by atoms with Gasteiger partial charge in [0.05, 0.1) is 12.1 Å². The molecule has 0 spiro atoms. The lowest BCUT2D eigenvalue weighted by Gasteiger charge is -2.13. The molecule has 3 rings (SSSR count). The van der Waals surface area contributed by atoms with Crippen LogP contribution in [0, 0.1) is 0 Å². The van der Waals surface area contributed by atoms with E-state index in [4.69, 9.17) is 16.3 Å². The summed E-state index contributed by atoms with van der Waals surface area (Å²) in [6.07, 6.45) is 1.30. The number of benzene rings is 3. The summed E-state index contributed by atoms with van der Waals surface area (Å²) in [5.74, 6) is -1.44. The number of carbonyl (C=O) groups is 2. The van der Waals surface area contributed by atoms with Gasteiger partial charge < -0.3 is 15.2 Å². The average Bonchev–Trinajstić information content (AvgIpc) is 2.75. The van der Waals surface area contributed by atoms with Crippen LogP contribution in [0.15, 0.2) is 78.5 Å². The summed E-state index contributed by atoms with van der Waals surface area (Å²) in [5, 5.41) is 12.4. The van der Waals surface area contributed by atoms with Crippen LogP contribution in [0.25, 0.3) is 17.2 Å². The van der Waals surface area contributed by atoms with Gasteiger partial charge >= 0.3 is 5.97 Å². The van der Waals surface area contributed by atoms with Gasteiger partial charge in [0.25, 0.3) is 5.91 Å². The Kier molecular flexibility index (Phi) is 6.32. The van der Waals surface area contributed by atoms with Crippen molar-refractivity contribution in [2.45, 2.75) is 0 Å². The lowest BCUT2D eigenvalue weighted by atomic mass is 10.0. The van der Waals surface area contributed by atoms with Crippen molar-refractivity contribution < 1.29 is 19.4 Å². The number of carbonyl (C=O) groups excluding carboxylic acids is 1. The van der Waals surface area contributed by atoms with Crippen LogP contribution in [-0.2, 0) is 4.79 Å². The Morgan fingerprint density at radius 2 is 1.59 bits per heavy atom. The van der Waals surface area contributed by atoms with E-state index in [0.29, 0.717) is 21.9 Å². The topological polar surface area (TPSA) is 75.6 Å². The summed E-state index contributed by atoms with van der Waals surface area (Å²) in [6, 6.07) is 21.3. The summed E-state index contributed by atoms with van der Waals surface area (Å²) < 4.78 is 5.35. The van der Waals surface area contributed by atoms with Gasteiger partial charge in [-0.2, -0.15) is 0 Å². The number of rotatable bonds is 6. The third-order valence-corrected chi connectivity index (χ3v) is 4.65. The van der Waals surface area contributed by atoms with Gasteiger partial charge in [0.1, 0.15) is 11.4 Å². The van der Waals surface area contributed by atoms with E-state index < -0.39 is 11.9 Å². The fourth-order valence-corrected chi connectivity index (χ4v) is 3.13. The predicted octanol–water partition coefficient (Wildman–Crippen LogP) is 4.87. The predicted molar refractivity (Wildman–Crippen MR) is 113 cm³/mol. The number of nitrogens with one attached hydrogen (secondary N) is 1. The zero-order valence-electron chi connectivity index (χ0n) is 15.6. The van der Waals surface area contributed by atoms with Crippen LogP contribution in [0.5, 0.6) is 5.75 Å². The van der Waals surface area contributed by atoms with Gasteiger partial charge in [0, 0.05) is 16.7 Å². The molecule has 3 aromatic carbocycles. The van der Waals surface area contributed by atoms with Gasteiger partial charge in [-0.25, -0.2) is 4.79 Å². The maximum atomic E-state index is 12.4. The highest BCUT2D eigenvalue weighted by Gasteiger charge is 2.18. The highest BCUT2D eigenvalue weighted by Crippen LogP contribution is 2.37. The quantitative estimate of drug-likeness (QED) is 0.571. The van der Waals surface area contributed by atoms with Gasteiger partial charge in [-0.3, -0.25) is 4.79 Å². The molecule has 0 fully saturated rings. The van der Waals surface area contributed by atoms with Gasteiger partial charge in [-0.15, -0.1) is 0 Å². The van der Waals surface area contributed by atoms with Crippen LogP contribution in [0.1, 0.15) is 15.9 Å². The minimum atomic E-state index is -1.29. The molecule has 0 heterocycles. The van der Waals surface area contributed by atoms with Crippen LogP contribution >= 0.6 is 11.6 Å². The van der Waals surface area contributed by atoms with Crippen molar-refractivity contribution in [3.05, 3.63) is 94.6 Å². The molecule has 146 valence electrons. The lowest BCUT2D eigenvalue weighted by molar-refractivity contribution is -0.132. The second kappa shape index (κ2) is 9.08. The Balaban J connectivity index is 2.05. The first-order valence-corrected chi connectivity index (χ1v) is 9.12. The molecule has 0 saturated carbocycles. The second-order valence-corrected chi connectivity index (χ2v) is 6.47. The first-order valence-electron chi connectivity index (χ1n) is 8.74. The van der Waals surface area contributed by atoms with Crippen molar-refractivity contribution in [1.82, 2.24) is 5.32 Å². The monoisotopic (exact) mass is 407 g/mol. The standard InChI is InChI=1S/C23H18ClNO4/c1-29-20-13-12-17(15-8-4-2-5-9-15)21(24)18(20)14-19(23(27)28)25-22(26)16-10-6-3-7-11-16/h2-14H,1H3,(H,25,26)(H,27,28)/b19-14+. The summed E-state index contributed by atoms with van der Waals surface area (Å²) in [7, 11) is 1.47. The van der Waals surface area contributed by atoms with Crippen LogP contribution in [0.2, 0.25) is 5.02 Å². The molecule has 3 aromatic rings. The number of ether oxygens (including phenoxy) is 1. The highest BCUT2D eigenvalue weighted by molar-refractivity contribution is 6.35. The fourth-order valence-electron chi connectivity index (χ4n) is 2.81. The molecule has 2 N–H and O–H groups in total. The number of amides is 1. The zero-order valence-corrected chi connectivity index (χ0v) is 16.3. The molecule has 0 aromatic heterocycles. The Labute approximate surface area is 173 Å². The van der Waals surface area contributed by atoms with E-state index in [0.717, 1.165) is 11.1 Å². The molecule has 0 unspecified atom stereocenters. The largest absolute Gasteiger partial charge is 0.496 e. The maximum absolute atomic E-state index is 12.4. The normalized spacial score (nSPS) is 11.0. The van der Waals surface area contributed by atoms with Gasteiger partial charge in [-0.05, 0) is 35.9 Å². The minimum absolute atomic E-state index is 0.315. The smallest absolute Gasteiger partial charge is 0.352 e. The van der Waals surface area contributed by atoms with Crippen LogP contribution < -0.4 is 10.1 Å². The molecular weight excluding hydrogens is 390 g/mol. The number of carboxylic acid groups (broad SMARTS) is 1. The minimum Gasteiger partial charge on any atom is -0.496 e. The van der Waals surface area contributed by atoms with Crippen molar-refractivity contribution in [1.29, 1.82) is 0 Å². The molecule has 5 nitrogen and oxygen atoms in total. The van der Waals surface area contributed by atoms with E-state index in [1.807, 2.05) is 30.3 Å². The number of halogens is 1. The third-order valence-electron chi connectivity index (χ3n) is 4.25. The summed E-state index contributed by atoms with van der Waals surface area (Å²) in [6.45, 7) is 0. The maximum Gasteiger partial charge on any atom is 0.352 e. The summed E-state index contributed by atoms with van der Waals surface area (Å²) >= 11 is 6.60. The molecule has 1 amide bonds. The van der Waals surface area contributed by atoms with Gasteiger partial charge in [0.15, 0.2) is 0 Å². The van der Waals surface area contributed by atoms with Crippen molar-refractivity contribution >= 4 is 29.6 Å². The van der Waals surface area contributed by atoms with E-state index in [1.165, 1.54) is 13.2 Å². The van der Waals surface area contributed by atoms with Crippen molar-refractivity contribution in [2.75, 3.05) is 7.11 Å². The molecule has 0 aliphatic heterocycles. The average molecular weight is 408 g/mol. The number of hydrogen-bond acceptors (Lipinski definition) is 3. The molecule has 0 aliphatic rings. The van der Waals surface area contributed by atoms with Gasteiger partial charge in [-0.1, -0.05) is 60.1 Å². The van der Waals surface area contributed by atoms with Crippen molar-refractivity contribution in [3.8, 4) is 16.9 Å². The number of methoxy groups -OCH3 is 1. The first kappa shape index (κ1) is 20.2. The number of hydrogen-bond donors (Lipinski definition) is 2. The molecule has 0 atom stereocenters. The molecule has 0 bridgehead atoms. The van der Waals surface area contributed by atoms with E-state index in [-0.39, 0.29) is 5.70 Å². The Morgan fingerprint density at radius 3 is 2.17 bits per heavy atom. The Hall–Kier alpha value is -3.57.